The van der Waals surface area contributed by atoms with E-state index in [2.05, 4.69) is 16.3 Å². The van der Waals surface area contributed by atoms with Gasteiger partial charge >= 0.3 is 0 Å². The third-order valence-corrected chi connectivity index (χ3v) is 3.98. The van der Waals surface area contributed by atoms with Gasteiger partial charge in [-0.25, -0.2) is 0 Å². The third kappa shape index (κ3) is 3.28. The van der Waals surface area contributed by atoms with Crippen molar-refractivity contribution in [1.82, 2.24) is 14.8 Å². The second kappa shape index (κ2) is 6.41. The number of aromatic nitrogens is 3. The van der Waals surface area contributed by atoms with E-state index >= 15 is 0 Å². The number of halogens is 1. The quantitative estimate of drug-likeness (QED) is 0.755. The first-order valence-electron chi connectivity index (χ1n) is 7.41. The van der Waals surface area contributed by atoms with E-state index in [9.17, 15) is 0 Å². The summed E-state index contributed by atoms with van der Waals surface area (Å²) in [7, 11) is 0. The molecule has 0 amide bonds. The van der Waals surface area contributed by atoms with Gasteiger partial charge in [0.1, 0.15) is 11.5 Å². The van der Waals surface area contributed by atoms with Crippen LogP contribution in [0.3, 0.4) is 0 Å². The maximum Gasteiger partial charge on any atom is 0.223 e. The predicted molar refractivity (Wildman–Crippen MR) is 95.4 cm³/mol. The van der Waals surface area contributed by atoms with Crippen LogP contribution in [-0.4, -0.2) is 14.8 Å². The van der Waals surface area contributed by atoms with Crippen LogP contribution in [0.5, 0.6) is 11.5 Å². The fourth-order valence-electron chi connectivity index (χ4n) is 2.55. The van der Waals surface area contributed by atoms with Crippen molar-refractivity contribution in [3.05, 3.63) is 58.1 Å². The average Bonchev–Trinajstić information content (AvgIpc) is 2.81. The van der Waals surface area contributed by atoms with Crippen LogP contribution in [0.2, 0.25) is 5.02 Å². The Labute approximate surface area is 145 Å². The standard InChI is InChI=1S/C17H18ClN5O/c1-10-6-11(2)8-12(7-10)24-15-5-3-4-14(18)13(15)9-23-16(19)21-22-17(23)20/h3-8H,9H2,1-2H3,(H2,19,21)(H2,20,22). The lowest BCUT2D eigenvalue weighted by molar-refractivity contribution is 0.473. The lowest BCUT2D eigenvalue weighted by Gasteiger charge is -2.15. The number of anilines is 2. The Bertz CT molecular complexity index is 851. The lowest BCUT2D eigenvalue weighted by atomic mass is 10.1. The molecule has 0 aliphatic rings. The summed E-state index contributed by atoms with van der Waals surface area (Å²) in [6.45, 7) is 4.37. The number of nitrogen functional groups attached to an aromatic ring is 2. The molecule has 0 radical (unpaired) electrons. The SMILES string of the molecule is Cc1cc(C)cc(Oc2cccc(Cl)c2Cn2c(N)nnc2N)c1. The highest BCUT2D eigenvalue weighted by Gasteiger charge is 2.14. The zero-order valence-electron chi connectivity index (χ0n) is 13.5. The van der Waals surface area contributed by atoms with Gasteiger partial charge in [0.25, 0.3) is 0 Å². The molecular formula is C17H18ClN5O. The van der Waals surface area contributed by atoms with Crippen molar-refractivity contribution < 1.29 is 4.74 Å². The highest BCUT2D eigenvalue weighted by atomic mass is 35.5. The normalized spacial score (nSPS) is 10.8. The molecule has 2 aromatic carbocycles. The summed E-state index contributed by atoms with van der Waals surface area (Å²) in [5.74, 6) is 1.84. The first-order chi connectivity index (χ1) is 11.4. The molecule has 0 aliphatic heterocycles. The third-order valence-electron chi connectivity index (χ3n) is 3.62. The van der Waals surface area contributed by atoms with Gasteiger partial charge in [0, 0.05) is 10.6 Å². The van der Waals surface area contributed by atoms with Crippen LogP contribution >= 0.6 is 11.6 Å². The molecule has 1 aromatic heterocycles. The molecule has 3 rings (SSSR count). The molecule has 6 nitrogen and oxygen atoms in total. The average molecular weight is 344 g/mol. The molecule has 0 saturated carbocycles. The summed E-state index contributed by atoms with van der Waals surface area (Å²) in [6, 6.07) is 11.5. The van der Waals surface area contributed by atoms with E-state index in [1.807, 2.05) is 38.1 Å². The molecule has 0 spiro atoms. The maximum absolute atomic E-state index is 6.36. The number of ether oxygens (including phenoxy) is 1. The van der Waals surface area contributed by atoms with Gasteiger partial charge in [-0.2, -0.15) is 0 Å². The van der Waals surface area contributed by atoms with E-state index in [4.69, 9.17) is 27.8 Å². The van der Waals surface area contributed by atoms with Crippen LogP contribution in [-0.2, 0) is 6.54 Å². The van der Waals surface area contributed by atoms with E-state index in [1.165, 1.54) is 0 Å². The summed E-state index contributed by atoms with van der Waals surface area (Å²) in [4.78, 5) is 0. The molecule has 4 N–H and O–H groups in total. The molecule has 24 heavy (non-hydrogen) atoms. The number of benzene rings is 2. The second-order valence-electron chi connectivity index (χ2n) is 5.64. The first kappa shape index (κ1) is 16.1. The number of aryl methyl sites for hydroxylation is 2. The summed E-state index contributed by atoms with van der Waals surface area (Å²) in [5.41, 5.74) is 14.6. The Kier molecular flexibility index (Phi) is 4.31. The second-order valence-corrected chi connectivity index (χ2v) is 6.05. The van der Waals surface area contributed by atoms with Crippen molar-refractivity contribution in [2.45, 2.75) is 20.4 Å². The number of hydrogen-bond donors (Lipinski definition) is 2. The van der Waals surface area contributed by atoms with Crippen LogP contribution < -0.4 is 16.2 Å². The van der Waals surface area contributed by atoms with Gasteiger partial charge in [-0.05, 0) is 49.2 Å². The molecule has 3 aromatic rings. The fourth-order valence-corrected chi connectivity index (χ4v) is 2.78. The van der Waals surface area contributed by atoms with Crippen LogP contribution in [0.15, 0.2) is 36.4 Å². The van der Waals surface area contributed by atoms with Gasteiger partial charge in [-0.1, -0.05) is 23.7 Å². The van der Waals surface area contributed by atoms with Gasteiger partial charge in [0.05, 0.1) is 6.54 Å². The number of hydrogen-bond acceptors (Lipinski definition) is 5. The molecule has 0 aliphatic carbocycles. The highest BCUT2D eigenvalue weighted by molar-refractivity contribution is 6.31. The summed E-state index contributed by atoms with van der Waals surface area (Å²) in [6.07, 6.45) is 0. The summed E-state index contributed by atoms with van der Waals surface area (Å²) < 4.78 is 7.64. The smallest absolute Gasteiger partial charge is 0.223 e. The van der Waals surface area contributed by atoms with E-state index in [1.54, 1.807) is 10.6 Å². The van der Waals surface area contributed by atoms with E-state index in [0.29, 0.717) is 17.3 Å². The van der Waals surface area contributed by atoms with Crippen molar-refractivity contribution in [2.75, 3.05) is 11.5 Å². The Morgan fingerprint density at radius 2 is 1.67 bits per heavy atom. The minimum Gasteiger partial charge on any atom is -0.457 e. The maximum atomic E-state index is 6.36. The fraction of sp³-hybridized carbons (Fsp3) is 0.176. The van der Waals surface area contributed by atoms with Crippen LogP contribution in [0.25, 0.3) is 0 Å². The van der Waals surface area contributed by atoms with Crippen molar-refractivity contribution in [1.29, 1.82) is 0 Å². The molecular weight excluding hydrogens is 326 g/mol. The van der Waals surface area contributed by atoms with E-state index < -0.39 is 0 Å². The number of nitrogens with zero attached hydrogens (tertiary/aromatic N) is 3. The summed E-state index contributed by atoms with van der Waals surface area (Å²) in [5, 5.41) is 8.08. The molecule has 7 heteroatoms. The predicted octanol–water partition coefficient (Wildman–Crippen LogP) is 3.55. The van der Waals surface area contributed by atoms with Crippen molar-refractivity contribution in [2.24, 2.45) is 0 Å². The Morgan fingerprint density at radius 1 is 1.04 bits per heavy atom. The first-order valence-corrected chi connectivity index (χ1v) is 7.79. The topological polar surface area (TPSA) is 92.0 Å². The van der Waals surface area contributed by atoms with Gasteiger partial charge in [-0.3, -0.25) is 4.57 Å². The van der Waals surface area contributed by atoms with E-state index in [-0.39, 0.29) is 11.9 Å². The van der Waals surface area contributed by atoms with Crippen LogP contribution in [0.1, 0.15) is 16.7 Å². The van der Waals surface area contributed by atoms with Crippen molar-refractivity contribution >= 4 is 23.5 Å². The molecule has 124 valence electrons. The molecule has 0 bridgehead atoms. The minimum absolute atomic E-state index is 0.227. The molecule has 1 heterocycles. The lowest BCUT2D eigenvalue weighted by Crippen LogP contribution is -2.09. The highest BCUT2D eigenvalue weighted by Crippen LogP contribution is 2.32. The Balaban J connectivity index is 1.98. The number of nitrogens with two attached hydrogens (primary N) is 2. The van der Waals surface area contributed by atoms with Crippen molar-refractivity contribution in [3.8, 4) is 11.5 Å². The Morgan fingerprint density at radius 3 is 2.29 bits per heavy atom. The van der Waals surface area contributed by atoms with E-state index in [0.717, 1.165) is 22.4 Å². The van der Waals surface area contributed by atoms with Gasteiger partial charge in [0.15, 0.2) is 0 Å². The zero-order chi connectivity index (χ0) is 17.3. The largest absolute Gasteiger partial charge is 0.457 e. The zero-order valence-corrected chi connectivity index (χ0v) is 14.2. The monoisotopic (exact) mass is 343 g/mol. The summed E-state index contributed by atoms with van der Waals surface area (Å²) >= 11 is 6.36. The molecule has 0 fully saturated rings. The molecule has 0 unspecified atom stereocenters. The van der Waals surface area contributed by atoms with Gasteiger partial charge in [-0.15, -0.1) is 10.2 Å². The van der Waals surface area contributed by atoms with Crippen molar-refractivity contribution in [3.63, 3.8) is 0 Å². The van der Waals surface area contributed by atoms with Gasteiger partial charge in [0.2, 0.25) is 11.9 Å². The van der Waals surface area contributed by atoms with Crippen LogP contribution in [0, 0.1) is 13.8 Å². The van der Waals surface area contributed by atoms with Gasteiger partial charge < -0.3 is 16.2 Å². The van der Waals surface area contributed by atoms with Crippen LogP contribution in [0.4, 0.5) is 11.9 Å². The Hall–Kier alpha value is -2.73. The number of rotatable bonds is 4. The molecule has 0 saturated heterocycles. The molecule has 0 atom stereocenters. The minimum atomic E-state index is 0.227.